The number of aliphatic hydroxyl groups excluding tert-OH is 3. The Morgan fingerprint density at radius 3 is 2.41 bits per heavy atom. The summed E-state index contributed by atoms with van der Waals surface area (Å²) in [7, 11) is 1.33. The minimum atomic E-state index is -1.89. The van der Waals surface area contributed by atoms with Gasteiger partial charge in [-0.3, -0.25) is 9.59 Å². The lowest BCUT2D eigenvalue weighted by Crippen LogP contribution is -2.57. The summed E-state index contributed by atoms with van der Waals surface area (Å²) in [5.74, 6) is -1.91. The van der Waals surface area contributed by atoms with Crippen LogP contribution in [-0.4, -0.2) is 75.4 Å². The molecule has 1 heterocycles. The van der Waals surface area contributed by atoms with Gasteiger partial charge >= 0.3 is 0 Å². The van der Waals surface area contributed by atoms with E-state index in [0.717, 1.165) is 5.56 Å². The minimum absolute atomic E-state index is 0.0218. The van der Waals surface area contributed by atoms with Crippen molar-refractivity contribution in [2.24, 2.45) is 0 Å². The third-order valence-electron chi connectivity index (χ3n) is 5.07. The van der Waals surface area contributed by atoms with Crippen molar-refractivity contribution < 1.29 is 49.3 Å². The number of ketones is 2. The number of benzene rings is 2. The molecule has 10 nitrogen and oxygen atoms in total. The quantitative estimate of drug-likeness (QED) is 0.355. The largest absolute Gasteiger partial charge is 0.508 e. The van der Waals surface area contributed by atoms with Crippen LogP contribution in [0.2, 0.25) is 0 Å². The predicted octanol–water partition coefficient (Wildman–Crippen LogP) is 0.309. The second-order valence-electron chi connectivity index (χ2n) is 7.24. The van der Waals surface area contributed by atoms with E-state index < -0.39 is 48.5 Å². The molecule has 172 valence electrons. The number of phenolic OH excluding ortho intramolecular Hbond substituents is 2. The molecule has 1 fully saturated rings. The van der Waals surface area contributed by atoms with Gasteiger partial charge in [0.1, 0.15) is 40.8 Å². The van der Waals surface area contributed by atoms with Crippen LogP contribution >= 0.6 is 0 Å². The third-order valence-corrected chi connectivity index (χ3v) is 5.07. The molecule has 0 saturated carbocycles. The van der Waals surface area contributed by atoms with E-state index in [9.17, 15) is 35.1 Å². The summed E-state index contributed by atoms with van der Waals surface area (Å²) in [6, 6.07) is 8.80. The molecule has 3 rings (SSSR count). The summed E-state index contributed by atoms with van der Waals surface area (Å²) in [5.41, 5.74) is 0.572. The van der Waals surface area contributed by atoms with Crippen molar-refractivity contribution in [2.45, 2.75) is 37.4 Å². The number of Topliss-reactive ketones (excluding diaryl/α,β-unsaturated/α-hetero) is 2. The van der Waals surface area contributed by atoms with Crippen molar-refractivity contribution in [3.63, 3.8) is 0 Å². The van der Waals surface area contributed by atoms with Gasteiger partial charge in [0.25, 0.3) is 0 Å². The molecule has 2 aromatic rings. The van der Waals surface area contributed by atoms with Gasteiger partial charge in [0, 0.05) is 18.6 Å². The van der Waals surface area contributed by atoms with Crippen molar-refractivity contribution in [1.29, 1.82) is 0 Å². The number of aromatic hydroxyl groups is 2. The molecule has 4 unspecified atom stereocenters. The molecule has 0 amide bonds. The Labute approximate surface area is 183 Å². The fourth-order valence-electron chi connectivity index (χ4n) is 3.29. The molecule has 0 aliphatic carbocycles. The first-order chi connectivity index (χ1) is 15.2. The summed E-state index contributed by atoms with van der Waals surface area (Å²) < 4.78 is 15.9. The van der Waals surface area contributed by atoms with Gasteiger partial charge in [0.15, 0.2) is 17.7 Å². The first-order valence-electron chi connectivity index (χ1n) is 9.80. The molecule has 0 aromatic heterocycles. The number of aliphatic hydroxyl groups is 3. The second-order valence-corrected chi connectivity index (χ2v) is 7.24. The number of ether oxygens (including phenoxy) is 3. The Balaban J connectivity index is 1.86. The van der Waals surface area contributed by atoms with Gasteiger partial charge in [-0.15, -0.1) is 0 Å². The molecule has 1 aliphatic heterocycles. The van der Waals surface area contributed by atoms with Crippen LogP contribution in [0.4, 0.5) is 0 Å². The van der Waals surface area contributed by atoms with Crippen LogP contribution in [0.25, 0.3) is 0 Å². The average molecular weight is 448 g/mol. The number of hydrogen-bond donors (Lipinski definition) is 5. The molecule has 0 spiro atoms. The van der Waals surface area contributed by atoms with Gasteiger partial charge in [-0.2, -0.15) is 0 Å². The lowest BCUT2D eigenvalue weighted by Gasteiger charge is -2.35. The molecule has 1 aliphatic rings. The first-order valence-corrected chi connectivity index (χ1v) is 9.80. The van der Waals surface area contributed by atoms with Gasteiger partial charge in [-0.05, 0) is 24.1 Å². The molecule has 0 bridgehead atoms. The van der Waals surface area contributed by atoms with E-state index in [1.807, 2.05) is 0 Å². The number of aryl methyl sites for hydroxylation is 1. The molecule has 4 atom stereocenters. The summed E-state index contributed by atoms with van der Waals surface area (Å²) in [4.78, 5) is 25.0. The number of hydrogen-bond acceptors (Lipinski definition) is 10. The summed E-state index contributed by atoms with van der Waals surface area (Å²) in [6.45, 7) is -0.707. The van der Waals surface area contributed by atoms with Crippen LogP contribution in [0.5, 0.6) is 23.0 Å². The highest BCUT2D eigenvalue weighted by Crippen LogP contribution is 2.36. The van der Waals surface area contributed by atoms with Crippen molar-refractivity contribution in [3.8, 4) is 23.0 Å². The number of carbonyl (C=O) groups excluding carboxylic acids is 2. The number of phenols is 2. The molecular weight excluding hydrogens is 424 g/mol. The number of carbonyl (C=O) groups is 2. The maximum absolute atomic E-state index is 12.9. The molecular formula is C22H24O10. The van der Waals surface area contributed by atoms with Crippen LogP contribution in [0, 0.1) is 0 Å². The van der Waals surface area contributed by atoms with Crippen molar-refractivity contribution >= 4 is 11.6 Å². The van der Waals surface area contributed by atoms with Gasteiger partial charge in [0.2, 0.25) is 6.29 Å². The zero-order chi connectivity index (χ0) is 23.4. The topological polar surface area (TPSA) is 163 Å². The van der Waals surface area contributed by atoms with Gasteiger partial charge in [0.05, 0.1) is 13.7 Å². The SMILES string of the molecule is COc1cc(O)c(C(=O)CCc2ccc(O)cc2)c(OC2OC(CO)C(O)C(=O)C2O)c1. The zero-order valence-electron chi connectivity index (χ0n) is 17.2. The molecule has 2 aromatic carbocycles. The zero-order valence-corrected chi connectivity index (χ0v) is 17.2. The van der Waals surface area contributed by atoms with Crippen LogP contribution in [0.15, 0.2) is 36.4 Å². The van der Waals surface area contributed by atoms with E-state index in [2.05, 4.69) is 0 Å². The maximum Gasteiger partial charge on any atom is 0.233 e. The monoisotopic (exact) mass is 448 g/mol. The minimum Gasteiger partial charge on any atom is -0.508 e. The van der Waals surface area contributed by atoms with Crippen molar-refractivity contribution in [2.75, 3.05) is 13.7 Å². The van der Waals surface area contributed by atoms with Crippen molar-refractivity contribution in [3.05, 3.63) is 47.5 Å². The Bertz CT molecular complexity index is 971. The van der Waals surface area contributed by atoms with Crippen LogP contribution in [-0.2, 0) is 16.0 Å². The van der Waals surface area contributed by atoms with E-state index in [1.165, 1.54) is 31.4 Å². The fourth-order valence-corrected chi connectivity index (χ4v) is 3.29. The summed E-state index contributed by atoms with van der Waals surface area (Å²) in [6.07, 6.45) is -6.31. The van der Waals surface area contributed by atoms with E-state index in [4.69, 9.17) is 14.2 Å². The van der Waals surface area contributed by atoms with Gasteiger partial charge in [-0.25, -0.2) is 0 Å². The first kappa shape index (κ1) is 23.5. The number of methoxy groups -OCH3 is 1. The summed E-state index contributed by atoms with van der Waals surface area (Å²) in [5, 5.41) is 49.0. The van der Waals surface area contributed by atoms with E-state index in [1.54, 1.807) is 12.1 Å². The average Bonchev–Trinajstić information content (AvgIpc) is 2.78. The van der Waals surface area contributed by atoms with Gasteiger partial charge in [-0.1, -0.05) is 12.1 Å². The fraction of sp³-hybridized carbons (Fsp3) is 0.364. The van der Waals surface area contributed by atoms with E-state index in [0.29, 0.717) is 6.42 Å². The summed E-state index contributed by atoms with van der Waals surface area (Å²) >= 11 is 0. The number of rotatable bonds is 8. The van der Waals surface area contributed by atoms with Crippen LogP contribution in [0.1, 0.15) is 22.3 Å². The third kappa shape index (κ3) is 5.00. The van der Waals surface area contributed by atoms with Crippen LogP contribution in [0.3, 0.4) is 0 Å². The highest BCUT2D eigenvalue weighted by Gasteiger charge is 2.45. The molecule has 10 heteroatoms. The standard InChI is InChI=1S/C22H24O10/c1-30-13-8-15(26)18(14(25)7-4-11-2-5-12(24)6-3-11)16(9-13)31-22-21(29)20(28)19(27)17(10-23)32-22/h2-3,5-6,8-9,17,19,21-24,26-27,29H,4,7,10H2,1H3. The smallest absolute Gasteiger partial charge is 0.233 e. The maximum atomic E-state index is 12.9. The second kappa shape index (κ2) is 9.96. The van der Waals surface area contributed by atoms with Crippen LogP contribution < -0.4 is 9.47 Å². The van der Waals surface area contributed by atoms with E-state index in [-0.39, 0.29) is 29.2 Å². The van der Waals surface area contributed by atoms with Crippen molar-refractivity contribution in [1.82, 2.24) is 0 Å². The van der Waals surface area contributed by atoms with Gasteiger partial charge < -0.3 is 39.7 Å². The highest BCUT2D eigenvalue weighted by molar-refractivity contribution is 6.01. The predicted molar refractivity (Wildman–Crippen MR) is 109 cm³/mol. The lowest BCUT2D eigenvalue weighted by atomic mass is 10.00. The highest BCUT2D eigenvalue weighted by atomic mass is 16.7. The molecule has 32 heavy (non-hydrogen) atoms. The molecule has 1 saturated heterocycles. The Hall–Kier alpha value is -3.18. The Morgan fingerprint density at radius 1 is 1.09 bits per heavy atom. The Kier molecular flexibility index (Phi) is 7.31. The normalized spacial score (nSPS) is 23.1. The molecule has 0 radical (unpaired) electrons. The Morgan fingerprint density at radius 2 is 1.78 bits per heavy atom. The lowest BCUT2D eigenvalue weighted by molar-refractivity contribution is -0.229. The molecule has 5 N–H and O–H groups in total. The van der Waals surface area contributed by atoms with E-state index >= 15 is 0 Å².